The third-order valence-corrected chi connectivity index (χ3v) is 5.59. The molecule has 1 N–H and O–H groups in total. The molecule has 1 aliphatic rings. The van der Waals surface area contributed by atoms with Gasteiger partial charge in [0.05, 0.1) is 17.5 Å². The minimum atomic E-state index is -0.0854. The van der Waals surface area contributed by atoms with Gasteiger partial charge in [0.25, 0.3) is 0 Å². The second kappa shape index (κ2) is 6.76. The number of nitrogens with zero attached hydrogens (tertiary/aromatic N) is 2. The van der Waals surface area contributed by atoms with E-state index < -0.39 is 0 Å². The molecular weight excluding hydrogens is 330 g/mol. The van der Waals surface area contributed by atoms with Gasteiger partial charge >= 0.3 is 0 Å². The fourth-order valence-electron chi connectivity index (χ4n) is 3.06. The quantitative estimate of drug-likeness (QED) is 0.777. The first-order valence-electron chi connectivity index (χ1n) is 8.33. The summed E-state index contributed by atoms with van der Waals surface area (Å²) in [6.07, 6.45) is 0.776. The summed E-state index contributed by atoms with van der Waals surface area (Å²) in [6.45, 7) is 2.58. The van der Waals surface area contributed by atoms with Crippen LogP contribution in [0.25, 0.3) is 0 Å². The Morgan fingerprint density at radius 1 is 1.20 bits per heavy atom. The highest BCUT2D eigenvalue weighted by molar-refractivity contribution is 8.01. The maximum absolute atomic E-state index is 12.7. The van der Waals surface area contributed by atoms with Crippen LogP contribution >= 0.6 is 11.8 Å². The maximum atomic E-state index is 12.7. The predicted octanol–water partition coefficient (Wildman–Crippen LogP) is 3.90. The van der Waals surface area contributed by atoms with Crippen molar-refractivity contribution in [3.8, 4) is 0 Å². The number of carbonyl (C=O) groups is 1. The Balaban J connectivity index is 1.49. The topological polar surface area (TPSA) is 46.9 Å². The maximum Gasteiger partial charge on any atom is 0.239 e. The fraction of sp³-hybridized carbons (Fsp3) is 0.200. The van der Waals surface area contributed by atoms with E-state index in [0.29, 0.717) is 6.54 Å². The lowest BCUT2D eigenvalue weighted by molar-refractivity contribution is -0.115. The largest absolute Gasteiger partial charge is 0.310 e. The Kier molecular flexibility index (Phi) is 4.32. The van der Waals surface area contributed by atoms with E-state index in [1.165, 1.54) is 10.5 Å². The molecule has 0 aliphatic carbocycles. The Labute approximate surface area is 151 Å². The molecule has 25 heavy (non-hydrogen) atoms. The van der Waals surface area contributed by atoms with Crippen LogP contribution in [0.3, 0.4) is 0 Å². The molecule has 2 aromatic carbocycles. The Hall–Kier alpha value is -2.53. The zero-order valence-corrected chi connectivity index (χ0v) is 14.8. The number of fused-ring (bicyclic) bond motifs is 1. The van der Waals surface area contributed by atoms with Crippen molar-refractivity contribution in [2.75, 3.05) is 5.32 Å². The summed E-state index contributed by atoms with van der Waals surface area (Å²) >= 11 is 1.64. The van der Waals surface area contributed by atoms with Crippen LogP contribution < -0.4 is 5.32 Å². The molecule has 4 rings (SSSR count). The molecule has 0 spiro atoms. The Morgan fingerprint density at radius 2 is 1.96 bits per heavy atom. The molecule has 5 heteroatoms. The first-order chi connectivity index (χ1) is 12.2. The highest BCUT2D eigenvalue weighted by Gasteiger charge is 2.28. The number of hydrogen-bond donors (Lipinski definition) is 1. The van der Waals surface area contributed by atoms with Crippen molar-refractivity contribution < 1.29 is 4.79 Å². The van der Waals surface area contributed by atoms with Crippen LogP contribution in [0, 0.1) is 6.92 Å². The lowest BCUT2D eigenvalue weighted by atomic mass is 10.1. The standard InChI is InChI=1S/C20H19N3OS/c1-14-11-19(23(22-14)13-15-7-3-2-4-8-15)21-20(24)18-12-16-9-5-6-10-17(16)25-18/h2-11,18H,12-13H2,1H3,(H,21,24)/t18-/m0/s1. The third-order valence-electron chi connectivity index (χ3n) is 4.27. The number of thioether (sulfide) groups is 1. The zero-order chi connectivity index (χ0) is 17.2. The van der Waals surface area contributed by atoms with Gasteiger partial charge in [0.2, 0.25) is 5.91 Å². The van der Waals surface area contributed by atoms with Crippen LogP contribution in [0.2, 0.25) is 0 Å². The van der Waals surface area contributed by atoms with Crippen molar-refractivity contribution in [2.24, 2.45) is 0 Å². The van der Waals surface area contributed by atoms with E-state index in [4.69, 9.17) is 0 Å². The Morgan fingerprint density at radius 3 is 2.76 bits per heavy atom. The molecule has 0 fully saturated rings. The van der Waals surface area contributed by atoms with E-state index in [9.17, 15) is 4.79 Å². The van der Waals surface area contributed by atoms with Crippen molar-refractivity contribution >= 4 is 23.5 Å². The van der Waals surface area contributed by atoms with Gasteiger partial charge in [-0.25, -0.2) is 4.68 Å². The number of amides is 1. The van der Waals surface area contributed by atoms with Gasteiger partial charge in [-0.15, -0.1) is 11.8 Å². The molecular formula is C20H19N3OS. The fourth-order valence-corrected chi connectivity index (χ4v) is 4.25. The van der Waals surface area contributed by atoms with Crippen molar-refractivity contribution in [1.29, 1.82) is 0 Å². The zero-order valence-electron chi connectivity index (χ0n) is 14.0. The summed E-state index contributed by atoms with van der Waals surface area (Å²) in [6, 6.07) is 20.3. The summed E-state index contributed by atoms with van der Waals surface area (Å²) in [7, 11) is 0. The van der Waals surface area contributed by atoms with E-state index in [1.54, 1.807) is 11.8 Å². The molecule has 1 amide bonds. The normalized spacial score (nSPS) is 15.8. The lowest BCUT2D eigenvalue weighted by Crippen LogP contribution is -2.26. The van der Waals surface area contributed by atoms with Crippen molar-refractivity contribution in [3.05, 3.63) is 77.5 Å². The van der Waals surface area contributed by atoms with E-state index in [2.05, 4.69) is 34.7 Å². The van der Waals surface area contributed by atoms with Gasteiger partial charge in [0.1, 0.15) is 5.82 Å². The molecule has 2 heterocycles. The molecule has 0 saturated carbocycles. The molecule has 4 nitrogen and oxygen atoms in total. The van der Waals surface area contributed by atoms with Crippen molar-refractivity contribution in [1.82, 2.24) is 9.78 Å². The van der Waals surface area contributed by atoms with Crippen LogP contribution in [-0.4, -0.2) is 20.9 Å². The number of aryl methyl sites for hydroxylation is 1. The van der Waals surface area contributed by atoms with Crippen molar-refractivity contribution in [3.63, 3.8) is 0 Å². The first kappa shape index (κ1) is 16.0. The van der Waals surface area contributed by atoms with E-state index in [0.717, 1.165) is 23.5 Å². The number of nitrogens with one attached hydrogen (secondary N) is 1. The van der Waals surface area contributed by atoms with Crippen LogP contribution in [0.4, 0.5) is 5.82 Å². The lowest BCUT2D eigenvalue weighted by Gasteiger charge is -2.12. The summed E-state index contributed by atoms with van der Waals surface area (Å²) < 4.78 is 1.86. The molecule has 1 atom stereocenters. The predicted molar refractivity (Wildman–Crippen MR) is 101 cm³/mol. The van der Waals surface area contributed by atoms with E-state index >= 15 is 0 Å². The van der Waals surface area contributed by atoms with Gasteiger partial charge in [-0.2, -0.15) is 5.10 Å². The Bertz CT molecular complexity index is 879. The molecule has 0 saturated heterocycles. The van der Waals surface area contributed by atoms with Gasteiger partial charge in [0.15, 0.2) is 0 Å². The average Bonchev–Trinajstić information content (AvgIpc) is 3.19. The summed E-state index contributed by atoms with van der Waals surface area (Å²) in [5.41, 5.74) is 3.30. The third kappa shape index (κ3) is 3.46. The first-order valence-corrected chi connectivity index (χ1v) is 9.21. The highest BCUT2D eigenvalue weighted by Crippen LogP contribution is 2.37. The molecule has 1 aromatic heterocycles. The monoisotopic (exact) mass is 349 g/mol. The van der Waals surface area contributed by atoms with Crippen LogP contribution in [0.1, 0.15) is 16.8 Å². The average molecular weight is 349 g/mol. The summed E-state index contributed by atoms with van der Waals surface area (Å²) in [5, 5.41) is 7.50. The van der Waals surface area contributed by atoms with Gasteiger partial charge in [0, 0.05) is 11.0 Å². The molecule has 0 bridgehead atoms. The second-order valence-electron chi connectivity index (χ2n) is 6.22. The highest BCUT2D eigenvalue weighted by atomic mass is 32.2. The van der Waals surface area contributed by atoms with Crippen LogP contribution in [0.5, 0.6) is 0 Å². The van der Waals surface area contributed by atoms with Gasteiger partial charge in [-0.05, 0) is 30.5 Å². The molecule has 0 radical (unpaired) electrons. The number of benzene rings is 2. The molecule has 1 aliphatic heterocycles. The summed E-state index contributed by atoms with van der Waals surface area (Å²) in [5.74, 6) is 0.790. The van der Waals surface area contributed by atoms with Crippen LogP contribution in [0.15, 0.2) is 65.6 Å². The van der Waals surface area contributed by atoms with E-state index in [1.807, 2.05) is 48.0 Å². The number of carbonyl (C=O) groups excluding carboxylic acids is 1. The molecule has 126 valence electrons. The number of aromatic nitrogens is 2. The van der Waals surface area contributed by atoms with Gasteiger partial charge in [-0.1, -0.05) is 48.5 Å². The van der Waals surface area contributed by atoms with E-state index in [-0.39, 0.29) is 11.2 Å². The summed E-state index contributed by atoms with van der Waals surface area (Å²) in [4.78, 5) is 13.9. The SMILES string of the molecule is Cc1cc(NC(=O)[C@@H]2Cc3ccccc3S2)n(Cc2ccccc2)n1. The number of anilines is 1. The minimum absolute atomic E-state index is 0.0374. The molecule has 0 unspecified atom stereocenters. The van der Waals surface area contributed by atoms with Gasteiger partial charge in [-0.3, -0.25) is 4.79 Å². The number of rotatable bonds is 4. The smallest absolute Gasteiger partial charge is 0.239 e. The molecule has 3 aromatic rings. The van der Waals surface area contributed by atoms with Gasteiger partial charge < -0.3 is 5.32 Å². The minimum Gasteiger partial charge on any atom is -0.310 e. The second-order valence-corrected chi connectivity index (χ2v) is 7.47. The number of hydrogen-bond acceptors (Lipinski definition) is 3. The van der Waals surface area contributed by atoms with Crippen molar-refractivity contribution in [2.45, 2.75) is 30.0 Å². The van der Waals surface area contributed by atoms with Crippen LogP contribution in [-0.2, 0) is 17.8 Å².